The summed E-state index contributed by atoms with van der Waals surface area (Å²) in [7, 11) is -4.00. The number of hydrogen-bond donors (Lipinski definition) is 1. The summed E-state index contributed by atoms with van der Waals surface area (Å²) in [4.78, 5) is 24.1. The number of rotatable bonds is 6. The molecule has 0 unspecified atom stereocenters. The van der Waals surface area contributed by atoms with Gasteiger partial charge in [0.25, 0.3) is 5.91 Å². The molecule has 1 amide bonds. The zero-order valence-corrected chi connectivity index (χ0v) is 18.3. The van der Waals surface area contributed by atoms with Crippen molar-refractivity contribution in [3.05, 3.63) is 57.8 Å². The first-order valence-corrected chi connectivity index (χ1v) is 11.2. The molecule has 0 bridgehead atoms. The van der Waals surface area contributed by atoms with Crippen LogP contribution in [0.4, 0.5) is 10.1 Å². The van der Waals surface area contributed by atoms with Crippen molar-refractivity contribution in [3.8, 4) is 0 Å². The Morgan fingerprint density at radius 2 is 1.84 bits per heavy atom. The Balaban J connectivity index is 1.73. The molecule has 0 aromatic heterocycles. The van der Waals surface area contributed by atoms with Gasteiger partial charge in [0.05, 0.1) is 28.8 Å². The minimum absolute atomic E-state index is 0.138. The van der Waals surface area contributed by atoms with Gasteiger partial charge in [0.15, 0.2) is 6.61 Å². The number of hydrogen-bond acceptors (Lipinski definition) is 6. The molecule has 1 fully saturated rings. The maximum Gasteiger partial charge on any atom is 0.340 e. The number of halogens is 3. The highest BCUT2D eigenvalue weighted by Crippen LogP contribution is 2.31. The maximum absolute atomic E-state index is 13.2. The summed E-state index contributed by atoms with van der Waals surface area (Å²) in [5, 5.41) is 2.07. The first-order chi connectivity index (χ1) is 14.7. The summed E-state index contributed by atoms with van der Waals surface area (Å²) in [5.41, 5.74) is -0.0825. The summed E-state index contributed by atoms with van der Waals surface area (Å²) >= 11 is 12.1. The van der Waals surface area contributed by atoms with Gasteiger partial charge in [-0.3, -0.25) is 4.79 Å². The quantitative estimate of drug-likeness (QED) is 0.624. The van der Waals surface area contributed by atoms with E-state index in [2.05, 4.69) is 5.32 Å². The van der Waals surface area contributed by atoms with Crippen molar-refractivity contribution in [2.24, 2.45) is 0 Å². The number of esters is 1. The lowest BCUT2D eigenvalue weighted by Gasteiger charge is -2.26. The topological polar surface area (TPSA) is 102 Å². The van der Waals surface area contributed by atoms with E-state index < -0.39 is 34.3 Å². The van der Waals surface area contributed by atoms with Crippen LogP contribution in [-0.4, -0.2) is 57.5 Å². The van der Waals surface area contributed by atoms with Crippen LogP contribution < -0.4 is 5.32 Å². The van der Waals surface area contributed by atoms with Gasteiger partial charge >= 0.3 is 5.97 Å². The van der Waals surface area contributed by atoms with E-state index in [1.165, 1.54) is 22.5 Å². The van der Waals surface area contributed by atoms with Gasteiger partial charge in [-0.15, -0.1) is 0 Å². The highest BCUT2D eigenvalue weighted by molar-refractivity contribution is 7.89. The van der Waals surface area contributed by atoms with Gasteiger partial charge in [0.2, 0.25) is 10.0 Å². The number of nitrogens with zero attached hydrogens (tertiary/aromatic N) is 1. The van der Waals surface area contributed by atoms with Crippen LogP contribution in [0, 0.1) is 5.82 Å². The Morgan fingerprint density at radius 3 is 2.52 bits per heavy atom. The second-order valence-corrected chi connectivity index (χ2v) is 9.13. The van der Waals surface area contributed by atoms with E-state index in [0.29, 0.717) is 0 Å². The Labute approximate surface area is 187 Å². The van der Waals surface area contributed by atoms with Crippen LogP contribution in [0.2, 0.25) is 10.0 Å². The van der Waals surface area contributed by atoms with E-state index in [-0.39, 0.29) is 52.5 Å². The lowest BCUT2D eigenvalue weighted by molar-refractivity contribution is -0.119. The molecular formula is C19H17Cl2FN2O6S. The SMILES string of the molecule is O=C(COC(=O)c1cc(S(=O)(=O)N2CCOCC2)c(Cl)cc1Cl)Nc1cccc(F)c1. The number of nitrogens with one attached hydrogen (secondary N) is 1. The van der Waals surface area contributed by atoms with Crippen molar-refractivity contribution < 1.29 is 31.9 Å². The molecule has 31 heavy (non-hydrogen) atoms. The summed E-state index contributed by atoms with van der Waals surface area (Å²) in [6, 6.07) is 7.31. The highest BCUT2D eigenvalue weighted by atomic mass is 35.5. The Morgan fingerprint density at radius 1 is 1.13 bits per heavy atom. The van der Waals surface area contributed by atoms with E-state index in [9.17, 15) is 22.4 Å². The van der Waals surface area contributed by atoms with E-state index >= 15 is 0 Å². The summed E-state index contributed by atoms with van der Waals surface area (Å²) in [6.45, 7) is 0.0576. The van der Waals surface area contributed by atoms with Gasteiger partial charge in [-0.2, -0.15) is 4.31 Å². The Hall–Kier alpha value is -2.24. The van der Waals surface area contributed by atoms with Crippen molar-refractivity contribution in [2.75, 3.05) is 38.2 Å². The molecule has 0 aliphatic carbocycles. The number of amides is 1. The molecule has 8 nitrogen and oxygen atoms in total. The van der Waals surface area contributed by atoms with Crippen LogP contribution in [0.3, 0.4) is 0 Å². The fourth-order valence-corrected chi connectivity index (χ4v) is 5.01. The van der Waals surface area contributed by atoms with Crippen molar-refractivity contribution >= 4 is 50.8 Å². The van der Waals surface area contributed by atoms with Crippen molar-refractivity contribution in [1.29, 1.82) is 0 Å². The molecule has 2 aromatic rings. The van der Waals surface area contributed by atoms with Gasteiger partial charge in [-0.1, -0.05) is 29.3 Å². The van der Waals surface area contributed by atoms with Crippen molar-refractivity contribution in [3.63, 3.8) is 0 Å². The third-order valence-corrected chi connectivity index (χ3v) is 6.95. The summed E-state index contributed by atoms with van der Waals surface area (Å²) in [6.07, 6.45) is 0. The number of anilines is 1. The van der Waals surface area contributed by atoms with Gasteiger partial charge in [-0.25, -0.2) is 17.6 Å². The summed E-state index contributed by atoms with van der Waals surface area (Å²) in [5.74, 6) is -2.28. The van der Waals surface area contributed by atoms with Gasteiger partial charge in [0.1, 0.15) is 10.7 Å². The van der Waals surface area contributed by atoms with Crippen LogP contribution >= 0.6 is 23.2 Å². The van der Waals surface area contributed by atoms with Gasteiger partial charge in [0, 0.05) is 18.8 Å². The summed E-state index contributed by atoms with van der Waals surface area (Å²) < 4.78 is 50.2. The fraction of sp³-hybridized carbons (Fsp3) is 0.263. The molecule has 2 aromatic carbocycles. The predicted molar refractivity (Wildman–Crippen MR) is 111 cm³/mol. The first kappa shape index (κ1) is 23.4. The molecule has 3 rings (SSSR count). The molecular weight excluding hydrogens is 474 g/mol. The largest absolute Gasteiger partial charge is 0.452 e. The smallest absolute Gasteiger partial charge is 0.340 e. The zero-order chi connectivity index (χ0) is 22.6. The normalized spacial score (nSPS) is 14.8. The van der Waals surface area contributed by atoms with Crippen LogP contribution in [0.5, 0.6) is 0 Å². The standard InChI is InChI=1S/C19H17Cl2FN2O6S/c20-15-10-16(21)17(31(27,28)24-4-6-29-7-5-24)9-14(15)19(26)30-11-18(25)23-13-3-1-2-12(22)8-13/h1-3,8-10H,4-7,11H2,(H,23,25). The minimum atomic E-state index is -4.00. The van der Waals surface area contributed by atoms with Gasteiger partial charge < -0.3 is 14.8 Å². The number of sulfonamides is 1. The average molecular weight is 491 g/mol. The molecule has 0 spiro atoms. The molecule has 1 aliphatic heterocycles. The van der Waals surface area contributed by atoms with Crippen LogP contribution in [0.1, 0.15) is 10.4 Å². The molecule has 12 heteroatoms. The van der Waals surface area contributed by atoms with Crippen LogP contribution in [-0.2, 0) is 24.3 Å². The average Bonchev–Trinajstić information content (AvgIpc) is 2.72. The van der Waals surface area contributed by atoms with Crippen LogP contribution in [0.25, 0.3) is 0 Å². The monoisotopic (exact) mass is 490 g/mol. The molecule has 1 saturated heterocycles. The maximum atomic E-state index is 13.2. The van der Waals surface area contributed by atoms with E-state index in [1.807, 2.05) is 0 Å². The number of carbonyl (C=O) groups is 2. The number of benzene rings is 2. The molecule has 1 heterocycles. The number of morpholine rings is 1. The van der Waals surface area contributed by atoms with E-state index in [1.54, 1.807) is 0 Å². The van der Waals surface area contributed by atoms with E-state index in [0.717, 1.165) is 18.2 Å². The Kier molecular flexibility index (Phi) is 7.50. The third-order valence-electron chi connectivity index (χ3n) is 4.27. The van der Waals surface area contributed by atoms with Gasteiger partial charge in [-0.05, 0) is 30.3 Å². The minimum Gasteiger partial charge on any atom is -0.452 e. The van der Waals surface area contributed by atoms with E-state index in [4.69, 9.17) is 32.7 Å². The predicted octanol–water partition coefficient (Wildman–Crippen LogP) is 2.95. The lowest BCUT2D eigenvalue weighted by atomic mass is 10.2. The first-order valence-electron chi connectivity index (χ1n) is 8.98. The molecule has 166 valence electrons. The van der Waals surface area contributed by atoms with Crippen molar-refractivity contribution in [1.82, 2.24) is 4.31 Å². The highest BCUT2D eigenvalue weighted by Gasteiger charge is 2.30. The Bertz CT molecular complexity index is 1110. The molecule has 0 radical (unpaired) electrons. The third kappa shape index (κ3) is 5.72. The molecule has 0 atom stereocenters. The zero-order valence-electron chi connectivity index (χ0n) is 15.9. The lowest BCUT2D eigenvalue weighted by Crippen LogP contribution is -2.40. The molecule has 0 saturated carbocycles. The second-order valence-electron chi connectivity index (χ2n) is 6.41. The molecule has 1 N–H and O–H groups in total. The van der Waals surface area contributed by atoms with Crippen molar-refractivity contribution in [2.45, 2.75) is 4.90 Å². The second kappa shape index (κ2) is 9.92. The number of ether oxygens (including phenoxy) is 2. The van der Waals surface area contributed by atoms with Crippen LogP contribution in [0.15, 0.2) is 41.3 Å². The molecule has 1 aliphatic rings. The fourth-order valence-electron chi connectivity index (χ4n) is 2.78. The number of carbonyl (C=O) groups excluding carboxylic acids is 2.